The minimum Gasteiger partial charge on any atom is -0.449 e. The third-order valence-corrected chi connectivity index (χ3v) is 1.87. The molecule has 0 aliphatic rings. The van der Waals surface area contributed by atoms with Gasteiger partial charge in [-0.15, -0.1) is 0 Å². The molecular weight excluding hydrogens is 182 g/mol. The summed E-state index contributed by atoms with van der Waals surface area (Å²) in [6.45, 7) is 8.76. The lowest BCUT2D eigenvalue weighted by Crippen LogP contribution is -2.45. The van der Waals surface area contributed by atoms with Crippen LogP contribution in [0.4, 0.5) is 4.79 Å². The lowest BCUT2D eigenvalue weighted by Gasteiger charge is -2.33. The summed E-state index contributed by atoms with van der Waals surface area (Å²) in [5.74, 6) is 0. The molecule has 0 aromatic carbocycles. The zero-order chi connectivity index (χ0) is 11.2. The molecule has 0 fully saturated rings. The van der Waals surface area contributed by atoms with Crippen molar-refractivity contribution < 1.29 is 14.6 Å². The zero-order valence-corrected chi connectivity index (χ0v) is 9.54. The van der Waals surface area contributed by atoms with Crippen molar-refractivity contribution in [2.75, 3.05) is 19.8 Å². The third-order valence-electron chi connectivity index (χ3n) is 1.87. The molecule has 0 heterocycles. The third kappa shape index (κ3) is 4.46. The van der Waals surface area contributed by atoms with Crippen LogP contribution < -0.4 is 0 Å². The first-order valence-electron chi connectivity index (χ1n) is 4.98. The fraction of sp³-hybridized carbons (Fsp3) is 0.900. The van der Waals surface area contributed by atoms with Gasteiger partial charge in [-0.25, -0.2) is 4.79 Å². The van der Waals surface area contributed by atoms with Crippen LogP contribution in [0.25, 0.3) is 0 Å². The quantitative estimate of drug-likeness (QED) is 0.706. The Hall–Kier alpha value is -0.770. The topological polar surface area (TPSA) is 49.8 Å². The number of aliphatic hydroxyl groups is 1. The van der Waals surface area contributed by atoms with E-state index in [1.165, 1.54) is 0 Å². The van der Waals surface area contributed by atoms with Crippen molar-refractivity contribution in [2.45, 2.75) is 39.7 Å². The molecule has 1 amide bonds. The number of aliphatic hydroxyl groups excluding tert-OH is 1. The maximum Gasteiger partial charge on any atom is 0.410 e. The van der Waals surface area contributed by atoms with Gasteiger partial charge in [0.25, 0.3) is 0 Å². The molecule has 0 aliphatic carbocycles. The normalized spacial score (nSPS) is 11.2. The van der Waals surface area contributed by atoms with Crippen LogP contribution in [0.3, 0.4) is 0 Å². The van der Waals surface area contributed by atoms with Gasteiger partial charge in [0.15, 0.2) is 0 Å². The Kier molecular flexibility index (Phi) is 5.53. The van der Waals surface area contributed by atoms with E-state index >= 15 is 0 Å². The second-order valence-corrected chi connectivity index (χ2v) is 4.11. The molecule has 0 radical (unpaired) electrons. The molecule has 0 spiro atoms. The molecule has 0 unspecified atom stereocenters. The number of carbonyl (C=O) groups excluding carboxylic acids is 1. The zero-order valence-electron chi connectivity index (χ0n) is 9.54. The Morgan fingerprint density at radius 2 is 2.00 bits per heavy atom. The summed E-state index contributed by atoms with van der Waals surface area (Å²) < 4.78 is 4.99. The van der Waals surface area contributed by atoms with E-state index in [4.69, 9.17) is 9.84 Å². The van der Waals surface area contributed by atoms with E-state index in [0.29, 0.717) is 13.0 Å². The van der Waals surface area contributed by atoms with Crippen molar-refractivity contribution >= 4 is 6.09 Å². The van der Waals surface area contributed by atoms with Crippen molar-refractivity contribution in [1.29, 1.82) is 0 Å². The largest absolute Gasteiger partial charge is 0.449 e. The number of nitrogens with zero attached hydrogens (tertiary/aromatic N) is 1. The summed E-state index contributed by atoms with van der Waals surface area (Å²) in [4.78, 5) is 13.2. The molecule has 1 N–H and O–H groups in total. The summed E-state index contributed by atoms with van der Waals surface area (Å²) in [5.41, 5.74) is -0.217. The molecule has 0 aliphatic heterocycles. The standard InChI is InChI=1S/C10H21NO3/c1-5-11(10(2,3)4)9(13)14-8-6-7-12/h12H,5-8H2,1-4H3. The van der Waals surface area contributed by atoms with Crippen molar-refractivity contribution in [3.05, 3.63) is 0 Å². The SMILES string of the molecule is CCN(C(=O)OCCCO)C(C)(C)C. The van der Waals surface area contributed by atoms with Crippen LogP contribution >= 0.6 is 0 Å². The maximum atomic E-state index is 11.5. The molecule has 4 heteroatoms. The van der Waals surface area contributed by atoms with Gasteiger partial charge in [0.05, 0.1) is 6.61 Å². The second kappa shape index (κ2) is 5.86. The average Bonchev–Trinajstić information content (AvgIpc) is 2.03. The Morgan fingerprint density at radius 1 is 1.43 bits per heavy atom. The van der Waals surface area contributed by atoms with E-state index in [1.807, 2.05) is 27.7 Å². The Balaban J connectivity index is 4.06. The first-order valence-corrected chi connectivity index (χ1v) is 4.98. The molecule has 14 heavy (non-hydrogen) atoms. The highest BCUT2D eigenvalue weighted by Gasteiger charge is 2.25. The smallest absolute Gasteiger partial charge is 0.410 e. The van der Waals surface area contributed by atoms with Crippen molar-refractivity contribution in [3.63, 3.8) is 0 Å². The van der Waals surface area contributed by atoms with Gasteiger partial charge in [-0.2, -0.15) is 0 Å². The monoisotopic (exact) mass is 203 g/mol. The molecule has 84 valence electrons. The van der Waals surface area contributed by atoms with Crippen molar-refractivity contribution in [1.82, 2.24) is 4.90 Å². The van der Waals surface area contributed by atoms with E-state index in [9.17, 15) is 4.79 Å². The number of hydrogen-bond acceptors (Lipinski definition) is 3. The summed E-state index contributed by atoms with van der Waals surface area (Å²) in [7, 11) is 0. The van der Waals surface area contributed by atoms with Crippen molar-refractivity contribution in [3.8, 4) is 0 Å². The average molecular weight is 203 g/mol. The van der Waals surface area contributed by atoms with Gasteiger partial charge < -0.3 is 14.7 Å². The number of ether oxygens (including phenoxy) is 1. The Bertz CT molecular complexity index is 175. The number of hydrogen-bond donors (Lipinski definition) is 1. The van der Waals surface area contributed by atoms with Gasteiger partial charge in [-0.1, -0.05) is 0 Å². The molecule has 0 atom stereocenters. The van der Waals surface area contributed by atoms with Crippen LogP contribution in [-0.4, -0.2) is 41.4 Å². The molecule has 0 aromatic rings. The van der Waals surface area contributed by atoms with Gasteiger partial charge in [-0.3, -0.25) is 0 Å². The molecule has 0 saturated carbocycles. The van der Waals surface area contributed by atoms with E-state index in [0.717, 1.165) is 0 Å². The minimum atomic E-state index is -0.312. The highest BCUT2D eigenvalue weighted by molar-refractivity contribution is 5.68. The number of carbonyl (C=O) groups is 1. The van der Waals surface area contributed by atoms with Crippen molar-refractivity contribution in [2.24, 2.45) is 0 Å². The number of rotatable bonds is 4. The second-order valence-electron chi connectivity index (χ2n) is 4.11. The molecular formula is C10H21NO3. The molecule has 0 saturated heterocycles. The lowest BCUT2D eigenvalue weighted by atomic mass is 10.1. The summed E-state index contributed by atoms with van der Waals surface area (Å²) >= 11 is 0. The van der Waals surface area contributed by atoms with Gasteiger partial charge in [0.2, 0.25) is 0 Å². The highest BCUT2D eigenvalue weighted by Crippen LogP contribution is 2.13. The van der Waals surface area contributed by atoms with Gasteiger partial charge in [0, 0.05) is 25.1 Å². The minimum absolute atomic E-state index is 0.0505. The Morgan fingerprint density at radius 3 is 2.36 bits per heavy atom. The van der Waals surface area contributed by atoms with Crippen LogP contribution in [0.5, 0.6) is 0 Å². The molecule has 0 bridgehead atoms. The van der Waals surface area contributed by atoms with Crippen LogP contribution in [0.15, 0.2) is 0 Å². The van der Waals surface area contributed by atoms with Gasteiger partial charge in [-0.05, 0) is 27.7 Å². The summed E-state index contributed by atoms with van der Waals surface area (Å²) in [5, 5.41) is 8.53. The fourth-order valence-corrected chi connectivity index (χ4v) is 1.18. The molecule has 4 nitrogen and oxygen atoms in total. The number of amides is 1. The lowest BCUT2D eigenvalue weighted by molar-refractivity contribution is 0.0665. The predicted molar refractivity (Wildman–Crippen MR) is 55.2 cm³/mol. The van der Waals surface area contributed by atoms with Crippen LogP contribution in [-0.2, 0) is 4.74 Å². The molecule has 0 rings (SSSR count). The summed E-state index contributed by atoms with van der Waals surface area (Å²) in [6.07, 6.45) is 0.182. The molecule has 0 aromatic heterocycles. The van der Waals surface area contributed by atoms with E-state index in [1.54, 1.807) is 4.90 Å². The predicted octanol–water partition coefficient (Wildman–Crippen LogP) is 1.63. The fourth-order valence-electron chi connectivity index (χ4n) is 1.18. The van der Waals surface area contributed by atoms with Crippen LogP contribution in [0.2, 0.25) is 0 Å². The van der Waals surface area contributed by atoms with E-state index in [2.05, 4.69) is 0 Å². The first kappa shape index (κ1) is 13.2. The van der Waals surface area contributed by atoms with Crippen LogP contribution in [0.1, 0.15) is 34.1 Å². The van der Waals surface area contributed by atoms with Crippen LogP contribution in [0, 0.1) is 0 Å². The van der Waals surface area contributed by atoms with Gasteiger partial charge >= 0.3 is 6.09 Å². The first-order chi connectivity index (χ1) is 6.43. The van der Waals surface area contributed by atoms with E-state index in [-0.39, 0.29) is 24.8 Å². The Labute approximate surface area is 85.9 Å². The maximum absolute atomic E-state index is 11.5. The highest BCUT2D eigenvalue weighted by atomic mass is 16.6. The van der Waals surface area contributed by atoms with E-state index < -0.39 is 0 Å². The summed E-state index contributed by atoms with van der Waals surface area (Å²) in [6, 6.07) is 0. The van der Waals surface area contributed by atoms with Gasteiger partial charge in [0.1, 0.15) is 0 Å².